The Bertz CT molecular complexity index is 1650. The van der Waals surface area contributed by atoms with Crippen LogP contribution in [0.15, 0.2) is 46.2 Å². The van der Waals surface area contributed by atoms with Gasteiger partial charge in [0.25, 0.3) is 11.5 Å². The molecule has 2 saturated heterocycles. The van der Waals surface area contributed by atoms with Crippen LogP contribution in [-0.2, 0) is 14.6 Å². The first-order chi connectivity index (χ1) is 17.0. The van der Waals surface area contributed by atoms with Crippen molar-refractivity contribution in [2.45, 2.75) is 19.4 Å². The molecule has 5 rings (SSSR count). The lowest BCUT2D eigenvalue weighted by molar-refractivity contribution is -0.123. The van der Waals surface area contributed by atoms with Crippen LogP contribution in [-0.4, -0.2) is 50.5 Å². The second-order valence-corrected chi connectivity index (χ2v) is 13.1. The summed E-state index contributed by atoms with van der Waals surface area (Å²) < 4.78 is 31.5. The van der Waals surface area contributed by atoms with Gasteiger partial charge in [0, 0.05) is 11.2 Å². The van der Waals surface area contributed by atoms with Crippen LogP contribution in [0.4, 0.5) is 0 Å². The minimum Gasteiger partial charge on any atom is -0.437 e. The minimum atomic E-state index is -3.23. The average molecular weight is 583 g/mol. The number of carbonyl (C=O) groups excluding carboxylic acids is 1. The van der Waals surface area contributed by atoms with Gasteiger partial charge in [-0.1, -0.05) is 53.2 Å². The molecule has 0 N–H and O–H groups in total. The van der Waals surface area contributed by atoms with E-state index in [1.165, 1.54) is 21.4 Å². The highest BCUT2D eigenvalue weighted by Gasteiger charge is 2.42. The van der Waals surface area contributed by atoms with Crippen LogP contribution >= 0.6 is 47.2 Å². The van der Waals surface area contributed by atoms with E-state index >= 15 is 0 Å². The highest BCUT2D eigenvalue weighted by Crippen LogP contribution is 2.38. The average Bonchev–Trinajstić information content (AvgIpc) is 3.30. The van der Waals surface area contributed by atoms with Crippen molar-refractivity contribution < 1.29 is 17.9 Å². The topological polar surface area (TPSA) is 98.1 Å². The highest BCUT2D eigenvalue weighted by atomic mass is 35.5. The van der Waals surface area contributed by atoms with Crippen molar-refractivity contribution >= 4 is 79.0 Å². The van der Waals surface area contributed by atoms with Crippen LogP contribution in [0.1, 0.15) is 17.5 Å². The standard InChI is InChI=1S/C23H17Cl2N3O5S3/c1-12-3-2-7-27-19(12)26-20(33-17-5-4-13(24)9-16(17)25)15(21(27)29)10-18-22(30)28(23(34)35-18)14-6-8-36(31,32)11-14/h2-5,7,9-10,14H,6,8,11H2,1H3/b18-10+. The lowest BCUT2D eigenvalue weighted by Crippen LogP contribution is -2.39. The second-order valence-electron chi connectivity index (χ2n) is 8.31. The van der Waals surface area contributed by atoms with Crippen molar-refractivity contribution in [2.24, 2.45) is 0 Å². The summed E-state index contributed by atoms with van der Waals surface area (Å²) in [5.74, 6) is -0.425. The van der Waals surface area contributed by atoms with Gasteiger partial charge in [0.1, 0.15) is 21.3 Å². The number of aryl methyl sites for hydroxylation is 1. The van der Waals surface area contributed by atoms with Crippen LogP contribution in [0.25, 0.3) is 11.7 Å². The molecule has 0 aliphatic carbocycles. The lowest BCUT2D eigenvalue weighted by atomic mass is 10.2. The number of aromatic nitrogens is 2. The van der Waals surface area contributed by atoms with E-state index < -0.39 is 27.3 Å². The minimum absolute atomic E-state index is 0.00288. The first-order valence-electron chi connectivity index (χ1n) is 10.7. The Kier molecular flexibility index (Phi) is 6.63. The Morgan fingerprint density at radius 3 is 2.72 bits per heavy atom. The Labute approximate surface area is 225 Å². The van der Waals surface area contributed by atoms with Gasteiger partial charge in [-0.15, -0.1) is 0 Å². The molecule has 1 atom stereocenters. The molecule has 2 fully saturated rings. The number of hydrogen-bond acceptors (Lipinski definition) is 8. The maximum Gasteiger partial charge on any atom is 0.269 e. The van der Waals surface area contributed by atoms with Crippen molar-refractivity contribution in [1.82, 2.24) is 14.3 Å². The third kappa shape index (κ3) is 4.66. The number of carbonyl (C=O) groups is 1. The Hall–Kier alpha value is -2.44. The van der Waals surface area contributed by atoms with E-state index in [9.17, 15) is 18.0 Å². The van der Waals surface area contributed by atoms with Gasteiger partial charge in [-0.05, 0) is 49.2 Å². The van der Waals surface area contributed by atoms with Crippen LogP contribution in [0.3, 0.4) is 0 Å². The van der Waals surface area contributed by atoms with Crippen LogP contribution in [0.2, 0.25) is 10.0 Å². The second kappa shape index (κ2) is 9.46. The molecule has 2 aromatic heterocycles. The number of benzene rings is 1. The summed E-state index contributed by atoms with van der Waals surface area (Å²) in [6, 6.07) is 7.62. The molecule has 0 saturated carbocycles. The third-order valence-electron chi connectivity index (χ3n) is 5.82. The number of halogens is 2. The van der Waals surface area contributed by atoms with Crippen molar-refractivity contribution in [3.8, 4) is 11.6 Å². The Balaban J connectivity index is 1.62. The summed E-state index contributed by atoms with van der Waals surface area (Å²) in [4.78, 5) is 32.8. The molecule has 1 aromatic carbocycles. The number of sulfone groups is 1. The largest absolute Gasteiger partial charge is 0.437 e. The number of rotatable bonds is 4. The molecule has 8 nitrogen and oxygen atoms in total. The fourth-order valence-corrected chi connectivity index (χ4v) is 7.59. The maximum atomic E-state index is 13.5. The Morgan fingerprint density at radius 2 is 2.03 bits per heavy atom. The van der Waals surface area contributed by atoms with Gasteiger partial charge in [-0.2, -0.15) is 4.98 Å². The normalized spacial score (nSPS) is 20.6. The van der Waals surface area contributed by atoms with Gasteiger partial charge in [0.15, 0.2) is 9.84 Å². The first-order valence-corrected chi connectivity index (χ1v) is 14.5. The molecular weight excluding hydrogens is 565 g/mol. The number of nitrogens with zero attached hydrogens (tertiary/aromatic N) is 3. The molecule has 36 heavy (non-hydrogen) atoms. The van der Waals surface area contributed by atoms with Gasteiger partial charge in [-0.3, -0.25) is 18.9 Å². The Morgan fingerprint density at radius 1 is 1.25 bits per heavy atom. The first kappa shape index (κ1) is 25.2. The van der Waals surface area contributed by atoms with E-state index in [0.29, 0.717) is 17.1 Å². The summed E-state index contributed by atoms with van der Waals surface area (Å²) in [7, 11) is -3.23. The molecule has 1 unspecified atom stereocenters. The number of fused-ring (bicyclic) bond motifs is 1. The van der Waals surface area contributed by atoms with Gasteiger partial charge < -0.3 is 4.74 Å². The van der Waals surface area contributed by atoms with E-state index in [1.807, 2.05) is 0 Å². The smallest absolute Gasteiger partial charge is 0.269 e. The zero-order chi connectivity index (χ0) is 25.8. The number of amides is 1. The summed E-state index contributed by atoms with van der Waals surface area (Å²) in [6.07, 6.45) is 3.26. The molecular formula is C23H17Cl2N3O5S3. The van der Waals surface area contributed by atoms with E-state index in [0.717, 1.165) is 17.3 Å². The predicted molar refractivity (Wildman–Crippen MR) is 145 cm³/mol. The zero-order valence-electron chi connectivity index (χ0n) is 18.6. The molecule has 2 aliphatic rings. The molecule has 13 heteroatoms. The lowest BCUT2D eigenvalue weighted by Gasteiger charge is -2.20. The van der Waals surface area contributed by atoms with E-state index in [4.69, 9.17) is 40.2 Å². The van der Waals surface area contributed by atoms with Crippen molar-refractivity contribution in [1.29, 1.82) is 0 Å². The van der Waals surface area contributed by atoms with Crippen molar-refractivity contribution in [3.63, 3.8) is 0 Å². The number of pyridine rings is 1. The maximum absolute atomic E-state index is 13.5. The molecule has 1 amide bonds. The van der Waals surface area contributed by atoms with Crippen LogP contribution in [0.5, 0.6) is 11.6 Å². The summed E-state index contributed by atoms with van der Waals surface area (Å²) >= 11 is 18.7. The summed E-state index contributed by atoms with van der Waals surface area (Å²) in [6.45, 7) is 1.81. The third-order valence-corrected chi connectivity index (χ3v) is 9.43. The number of ether oxygens (including phenoxy) is 1. The van der Waals surface area contributed by atoms with Crippen LogP contribution < -0.4 is 10.3 Å². The SMILES string of the molecule is Cc1cccn2c(=O)c(/C=C3/SC(=S)N(C4CCS(=O)(=O)C4)C3=O)c(Oc3ccc(Cl)cc3Cl)nc12. The predicted octanol–water partition coefficient (Wildman–Crippen LogP) is 4.49. The van der Waals surface area contributed by atoms with E-state index in [2.05, 4.69) is 4.98 Å². The number of thiocarbonyl (C=S) groups is 1. The molecule has 0 radical (unpaired) electrons. The quantitative estimate of drug-likeness (QED) is 0.328. The zero-order valence-corrected chi connectivity index (χ0v) is 22.6. The number of hydrogen-bond donors (Lipinski definition) is 0. The fraction of sp³-hybridized carbons (Fsp3) is 0.217. The van der Waals surface area contributed by atoms with Gasteiger partial charge >= 0.3 is 0 Å². The van der Waals surface area contributed by atoms with Crippen molar-refractivity contribution in [3.05, 3.63) is 73.0 Å². The summed E-state index contributed by atoms with van der Waals surface area (Å²) in [5.41, 5.74) is 0.673. The monoisotopic (exact) mass is 581 g/mol. The highest BCUT2D eigenvalue weighted by molar-refractivity contribution is 8.26. The van der Waals surface area contributed by atoms with Gasteiger partial charge in [0.2, 0.25) is 5.88 Å². The molecule has 0 bridgehead atoms. The molecule has 0 spiro atoms. The fourth-order valence-electron chi connectivity index (χ4n) is 4.06. The summed E-state index contributed by atoms with van der Waals surface area (Å²) in [5, 5.41) is 0.626. The van der Waals surface area contributed by atoms with E-state index in [1.54, 1.807) is 37.4 Å². The van der Waals surface area contributed by atoms with Crippen molar-refractivity contribution in [2.75, 3.05) is 11.5 Å². The molecule has 2 aliphatic heterocycles. The van der Waals surface area contributed by atoms with E-state index in [-0.39, 0.29) is 42.9 Å². The molecule has 4 heterocycles. The molecule has 186 valence electrons. The van der Waals surface area contributed by atoms with Gasteiger partial charge in [-0.25, -0.2) is 8.42 Å². The number of thioether (sulfide) groups is 1. The molecule has 3 aromatic rings. The van der Waals surface area contributed by atoms with Gasteiger partial charge in [0.05, 0.1) is 27.5 Å². The van der Waals surface area contributed by atoms with Crippen LogP contribution in [0, 0.1) is 6.92 Å².